The molecule has 0 saturated carbocycles. The van der Waals surface area contributed by atoms with Crippen LogP contribution in [-0.2, 0) is 20.2 Å². The average molecular weight is 447 g/mol. The number of amides is 1. The molecule has 1 atom stereocenters. The van der Waals surface area contributed by atoms with Crippen LogP contribution in [0.5, 0.6) is 5.75 Å². The zero-order valence-corrected chi connectivity index (χ0v) is 19.1. The molecular weight excluding hydrogens is 419 g/mol. The summed E-state index contributed by atoms with van der Waals surface area (Å²) in [4.78, 5) is 12.7. The highest BCUT2D eigenvalue weighted by molar-refractivity contribution is 7.92. The molecule has 2 aromatic rings. The van der Waals surface area contributed by atoms with Crippen LogP contribution in [0.3, 0.4) is 0 Å². The second kappa shape index (κ2) is 8.34. The number of ether oxygens (including phenoxy) is 1. The molecule has 1 aliphatic heterocycles. The van der Waals surface area contributed by atoms with Crippen molar-refractivity contribution >= 4 is 27.7 Å². The summed E-state index contributed by atoms with van der Waals surface area (Å²) in [5.74, 6) is -0.280. The number of nitrogens with one attached hydrogen (secondary N) is 2. The van der Waals surface area contributed by atoms with Gasteiger partial charge in [-0.15, -0.1) is 0 Å². The Morgan fingerprint density at radius 1 is 1.16 bits per heavy atom. The molecule has 0 aromatic heterocycles. The fraction of sp³-hybridized carbons (Fsp3) is 0.348. The molecule has 166 valence electrons. The highest BCUT2D eigenvalue weighted by atomic mass is 32.2. The van der Waals surface area contributed by atoms with Crippen molar-refractivity contribution in [2.75, 3.05) is 17.6 Å². The zero-order chi connectivity index (χ0) is 23.0. The Balaban J connectivity index is 1.73. The van der Waals surface area contributed by atoms with E-state index in [4.69, 9.17) is 4.74 Å². The van der Waals surface area contributed by atoms with E-state index in [-0.39, 0.29) is 23.6 Å². The molecule has 0 spiro atoms. The van der Waals surface area contributed by atoms with Gasteiger partial charge in [0.25, 0.3) is 5.91 Å². The maximum atomic E-state index is 14.2. The van der Waals surface area contributed by atoms with Gasteiger partial charge in [-0.05, 0) is 47.7 Å². The smallest absolute Gasteiger partial charge is 0.251 e. The van der Waals surface area contributed by atoms with Gasteiger partial charge in [0.05, 0.1) is 23.6 Å². The third-order valence-corrected chi connectivity index (χ3v) is 5.61. The van der Waals surface area contributed by atoms with Crippen LogP contribution in [0.15, 0.2) is 42.0 Å². The number of carbonyl (C=O) groups is 1. The highest BCUT2D eigenvalue weighted by Crippen LogP contribution is 2.32. The Hall–Kier alpha value is -2.87. The molecular formula is C23H27FN2O4S. The largest absolute Gasteiger partial charge is 0.488 e. The first-order valence-electron chi connectivity index (χ1n) is 9.89. The van der Waals surface area contributed by atoms with E-state index in [2.05, 4.69) is 30.8 Å². The van der Waals surface area contributed by atoms with E-state index in [0.717, 1.165) is 23.1 Å². The standard InChI is InChI=1S/C23H27FN2O4S/c1-14(15-7-9-20(19(24)11-15)26-31(5,28)29)25-22(27)17-10-16-6-8-18(23(2,3)4)12-21(16)30-13-17/h6-12,14,26H,13H2,1-5H3,(H,25,27). The van der Waals surface area contributed by atoms with Gasteiger partial charge in [0, 0.05) is 5.56 Å². The van der Waals surface area contributed by atoms with Crippen molar-refractivity contribution in [3.63, 3.8) is 0 Å². The minimum Gasteiger partial charge on any atom is -0.488 e. The van der Waals surface area contributed by atoms with Crippen LogP contribution in [0.4, 0.5) is 10.1 Å². The normalized spacial score (nSPS) is 14.7. The summed E-state index contributed by atoms with van der Waals surface area (Å²) in [5.41, 5.74) is 2.82. The molecule has 3 rings (SSSR count). The number of hydrogen-bond donors (Lipinski definition) is 2. The summed E-state index contributed by atoms with van der Waals surface area (Å²) < 4.78 is 44.8. The van der Waals surface area contributed by atoms with E-state index >= 15 is 0 Å². The summed E-state index contributed by atoms with van der Waals surface area (Å²) in [7, 11) is -3.58. The van der Waals surface area contributed by atoms with E-state index in [1.165, 1.54) is 12.1 Å². The van der Waals surface area contributed by atoms with E-state index in [9.17, 15) is 17.6 Å². The van der Waals surface area contributed by atoms with Gasteiger partial charge in [-0.25, -0.2) is 12.8 Å². The number of hydrogen-bond acceptors (Lipinski definition) is 4. The van der Waals surface area contributed by atoms with Crippen molar-refractivity contribution in [3.05, 3.63) is 64.5 Å². The minimum atomic E-state index is -3.58. The molecule has 0 saturated heterocycles. The minimum absolute atomic E-state index is 0.00313. The average Bonchev–Trinajstić information content (AvgIpc) is 2.66. The van der Waals surface area contributed by atoms with Gasteiger partial charge in [0.2, 0.25) is 10.0 Å². The topological polar surface area (TPSA) is 84.5 Å². The van der Waals surface area contributed by atoms with Crippen LogP contribution in [0.2, 0.25) is 0 Å². The van der Waals surface area contributed by atoms with E-state index < -0.39 is 21.9 Å². The van der Waals surface area contributed by atoms with Crippen LogP contribution >= 0.6 is 0 Å². The van der Waals surface area contributed by atoms with Crippen molar-refractivity contribution in [2.24, 2.45) is 0 Å². The Kier molecular flexibility index (Phi) is 6.14. The van der Waals surface area contributed by atoms with E-state index in [1.54, 1.807) is 19.1 Å². The van der Waals surface area contributed by atoms with Crippen molar-refractivity contribution < 1.29 is 22.3 Å². The van der Waals surface area contributed by atoms with Gasteiger partial charge < -0.3 is 10.1 Å². The third kappa shape index (κ3) is 5.64. The lowest BCUT2D eigenvalue weighted by Gasteiger charge is -2.24. The number of carbonyl (C=O) groups excluding carboxylic acids is 1. The Morgan fingerprint density at radius 2 is 1.87 bits per heavy atom. The van der Waals surface area contributed by atoms with Gasteiger partial charge in [-0.2, -0.15) is 0 Å². The molecule has 0 fully saturated rings. The Labute approximate surface area is 182 Å². The summed E-state index contributed by atoms with van der Waals surface area (Å²) in [6.45, 7) is 8.25. The second-order valence-electron chi connectivity index (χ2n) is 8.77. The maximum absolute atomic E-state index is 14.2. The first kappa shape index (κ1) is 22.8. The van der Waals surface area contributed by atoms with Crippen molar-refractivity contribution in [3.8, 4) is 5.75 Å². The Morgan fingerprint density at radius 3 is 2.48 bits per heavy atom. The number of sulfonamides is 1. The van der Waals surface area contributed by atoms with Crippen LogP contribution in [-0.4, -0.2) is 27.2 Å². The third-order valence-electron chi connectivity index (χ3n) is 5.02. The number of rotatable bonds is 5. The van der Waals surface area contributed by atoms with Crippen LogP contribution in [0, 0.1) is 5.82 Å². The van der Waals surface area contributed by atoms with Crippen LogP contribution < -0.4 is 14.8 Å². The second-order valence-corrected chi connectivity index (χ2v) is 10.5. The summed E-state index contributed by atoms with van der Waals surface area (Å²) in [6.07, 6.45) is 2.75. The maximum Gasteiger partial charge on any atom is 0.251 e. The van der Waals surface area contributed by atoms with Crippen molar-refractivity contribution in [1.82, 2.24) is 5.32 Å². The molecule has 1 heterocycles. The molecule has 1 aliphatic rings. The molecule has 0 aliphatic carbocycles. The monoisotopic (exact) mass is 446 g/mol. The fourth-order valence-corrected chi connectivity index (χ4v) is 3.78. The molecule has 1 amide bonds. The quantitative estimate of drug-likeness (QED) is 0.723. The van der Waals surface area contributed by atoms with Gasteiger partial charge in [0.15, 0.2) is 0 Å². The lowest BCUT2D eigenvalue weighted by atomic mass is 9.86. The molecule has 2 aromatic carbocycles. The van der Waals surface area contributed by atoms with Crippen LogP contribution in [0.1, 0.15) is 50.4 Å². The van der Waals surface area contributed by atoms with Crippen LogP contribution in [0.25, 0.3) is 6.08 Å². The molecule has 8 heteroatoms. The lowest BCUT2D eigenvalue weighted by Crippen LogP contribution is -2.31. The summed E-state index contributed by atoms with van der Waals surface area (Å²) >= 11 is 0. The van der Waals surface area contributed by atoms with Gasteiger partial charge in [0.1, 0.15) is 18.2 Å². The molecule has 2 N–H and O–H groups in total. The number of benzene rings is 2. The first-order valence-corrected chi connectivity index (χ1v) is 11.8. The van der Waals surface area contributed by atoms with Crippen molar-refractivity contribution in [1.29, 1.82) is 0 Å². The predicted octanol–water partition coefficient (Wildman–Crippen LogP) is 4.15. The summed E-state index contributed by atoms with van der Waals surface area (Å²) in [6, 6.07) is 9.58. The molecule has 0 radical (unpaired) electrons. The van der Waals surface area contributed by atoms with Gasteiger partial charge in [-0.1, -0.05) is 39.0 Å². The molecule has 6 nitrogen and oxygen atoms in total. The Bertz CT molecular complexity index is 1150. The SMILES string of the molecule is CC(NC(=O)C1=Cc2ccc(C(C)(C)C)cc2OC1)c1ccc(NS(C)(=O)=O)c(F)c1. The van der Waals surface area contributed by atoms with Crippen molar-refractivity contribution in [2.45, 2.75) is 39.2 Å². The summed E-state index contributed by atoms with van der Waals surface area (Å²) in [5, 5.41) is 2.83. The van der Waals surface area contributed by atoms with E-state index in [1.807, 2.05) is 18.2 Å². The van der Waals surface area contributed by atoms with Gasteiger partial charge >= 0.3 is 0 Å². The number of anilines is 1. The van der Waals surface area contributed by atoms with E-state index in [0.29, 0.717) is 11.1 Å². The van der Waals surface area contributed by atoms with Gasteiger partial charge in [-0.3, -0.25) is 9.52 Å². The fourth-order valence-electron chi connectivity index (χ4n) is 3.22. The lowest BCUT2D eigenvalue weighted by molar-refractivity contribution is -0.118. The zero-order valence-electron chi connectivity index (χ0n) is 18.2. The number of halogens is 1. The molecule has 31 heavy (non-hydrogen) atoms. The molecule has 0 bridgehead atoms. The first-order chi connectivity index (χ1) is 14.3. The molecule has 1 unspecified atom stereocenters. The highest BCUT2D eigenvalue weighted by Gasteiger charge is 2.22. The predicted molar refractivity (Wildman–Crippen MR) is 120 cm³/mol. The number of fused-ring (bicyclic) bond motifs is 1.